The van der Waals surface area contributed by atoms with Gasteiger partial charge in [0.05, 0.1) is 33.0 Å². The molecule has 0 fully saturated rings. The van der Waals surface area contributed by atoms with Gasteiger partial charge in [-0.15, -0.1) is 0 Å². The lowest BCUT2D eigenvalue weighted by molar-refractivity contribution is -0.112. The van der Waals surface area contributed by atoms with Crippen LogP contribution in [0.2, 0.25) is 10.0 Å². The number of alkyl halides is 3. The summed E-state index contributed by atoms with van der Waals surface area (Å²) in [6.07, 6.45) is -3.38. The van der Waals surface area contributed by atoms with E-state index in [0.717, 1.165) is 16.6 Å². The Morgan fingerprint density at radius 2 is 1.94 bits per heavy atom. The highest BCUT2D eigenvalue weighted by molar-refractivity contribution is 7.00. The second-order valence-corrected chi connectivity index (χ2v) is 8.95. The molecule has 2 aromatic heterocycles. The van der Waals surface area contributed by atoms with E-state index in [0.29, 0.717) is 11.6 Å². The van der Waals surface area contributed by atoms with E-state index < -0.39 is 29.4 Å². The molecule has 0 aliphatic heterocycles. The maximum atomic E-state index is 13.3. The van der Waals surface area contributed by atoms with Crippen LogP contribution in [0.15, 0.2) is 36.2 Å². The molecular weight excluding hydrogens is 542 g/mol. The molecule has 1 aromatic carbocycles. The van der Waals surface area contributed by atoms with Crippen LogP contribution in [0.5, 0.6) is 0 Å². The van der Waals surface area contributed by atoms with E-state index in [9.17, 15) is 22.8 Å². The third-order valence-corrected chi connectivity index (χ3v) is 5.84. The normalized spacial score (nSPS) is 12.1. The molecule has 2 amide bonds. The largest absolute Gasteiger partial charge is 0.432 e. The number of nitrogens with one attached hydrogen (secondary N) is 3. The molecule has 0 atom stereocenters. The van der Waals surface area contributed by atoms with Crippen LogP contribution in [0.4, 0.5) is 24.7 Å². The standard InChI is InChI=1S/C21H18Cl2F3N7O2S/c1-9(2)29-19(34)10-7-12-17(32-36-31-12)15(23)16(10)30-20(35)13(8-14(27)21(24,25)26)33(3)18-11(22)5-4-6-28-18/h4-9,27H,1-3H3,(H,29,34)(H,30,35)/b13-8-,27-14?. The van der Waals surface area contributed by atoms with E-state index in [2.05, 4.69) is 24.4 Å². The van der Waals surface area contributed by atoms with Crippen LogP contribution in [-0.2, 0) is 4.79 Å². The fourth-order valence-electron chi connectivity index (χ4n) is 2.98. The first-order valence-corrected chi connectivity index (χ1v) is 11.6. The molecule has 0 saturated carbocycles. The fraction of sp³-hybridized carbons (Fsp3) is 0.238. The third-order valence-electron chi connectivity index (χ3n) is 4.63. The highest BCUT2D eigenvalue weighted by Gasteiger charge is 2.35. The lowest BCUT2D eigenvalue weighted by atomic mass is 10.1. The molecule has 0 aliphatic carbocycles. The van der Waals surface area contributed by atoms with E-state index >= 15 is 0 Å². The predicted octanol–water partition coefficient (Wildman–Crippen LogP) is 5.07. The van der Waals surface area contributed by atoms with E-state index in [1.165, 1.54) is 31.4 Å². The number of amides is 2. The van der Waals surface area contributed by atoms with Crippen molar-refractivity contribution in [2.45, 2.75) is 26.1 Å². The Balaban J connectivity index is 2.13. The molecule has 2 heterocycles. The van der Waals surface area contributed by atoms with Crippen LogP contribution in [-0.4, -0.2) is 50.5 Å². The van der Waals surface area contributed by atoms with Gasteiger partial charge in [0.25, 0.3) is 11.8 Å². The summed E-state index contributed by atoms with van der Waals surface area (Å²) in [5, 5.41) is 12.4. The molecule has 36 heavy (non-hydrogen) atoms. The molecule has 0 unspecified atom stereocenters. The summed E-state index contributed by atoms with van der Waals surface area (Å²) in [4.78, 5) is 31.2. The summed E-state index contributed by atoms with van der Waals surface area (Å²) in [6, 6.07) is 4.01. The van der Waals surface area contributed by atoms with E-state index in [-0.39, 0.29) is 38.7 Å². The molecule has 15 heteroatoms. The van der Waals surface area contributed by atoms with Gasteiger partial charge in [0.2, 0.25) is 0 Å². The Hall–Kier alpha value is -3.29. The molecule has 3 N–H and O–H groups in total. The highest BCUT2D eigenvalue weighted by Crippen LogP contribution is 2.35. The number of allylic oxidation sites excluding steroid dienone is 1. The first-order valence-electron chi connectivity index (χ1n) is 10.1. The number of benzene rings is 1. The Bertz CT molecular complexity index is 1380. The molecule has 0 radical (unpaired) electrons. The van der Waals surface area contributed by atoms with Crippen molar-refractivity contribution in [3.8, 4) is 0 Å². The van der Waals surface area contributed by atoms with Crippen molar-refractivity contribution in [3.63, 3.8) is 0 Å². The van der Waals surface area contributed by atoms with Gasteiger partial charge >= 0.3 is 6.18 Å². The summed E-state index contributed by atoms with van der Waals surface area (Å²) in [5.41, 5.74) is -2.22. The van der Waals surface area contributed by atoms with E-state index in [4.69, 9.17) is 28.6 Å². The van der Waals surface area contributed by atoms with Gasteiger partial charge in [-0.3, -0.25) is 15.0 Å². The number of anilines is 2. The Morgan fingerprint density at radius 3 is 2.56 bits per heavy atom. The first kappa shape index (κ1) is 27.3. The zero-order valence-corrected chi connectivity index (χ0v) is 21.2. The van der Waals surface area contributed by atoms with Crippen LogP contribution in [0.1, 0.15) is 24.2 Å². The van der Waals surface area contributed by atoms with Crippen molar-refractivity contribution in [2.75, 3.05) is 17.3 Å². The van der Waals surface area contributed by atoms with Gasteiger partial charge in [-0.05, 0) is 38.1 Å². The van der Waals surface area contributed by atoms with Crippen molar-refractivity contribution < 1.29 is 22.8 Å². The van der Waals surface area contributed by atoms with E-state index in [1.54, 1.807) is 13.8 Å². The molecule has 0 bridgehead atoms. The van der Waals surface area contributed by atoms with Gasteiger partial charge in [0.15, 0.2) is 5.82 Å². The van der Waals surface area contributed by atoms with Gasteiger partial charge < -0.3 is 15.5 Å². The number of nitrogens with zero attached hydrogens (tertiary/aromatic N) is 4. The quantitative estimate of drug-likeness (QED) is 0.274. The highest BCUT2D eigenvalue weighted by atomic mass is 35.5. The van der Waals surface area contributed by atoms with Gasteiger partial charge in [0.1, 0.15) is 22.4 Å². The smallest absolute Gasteiger partial charge is 0.350 e. The van der Waals surface area contributed by atoms with E-state index in [1.807, 2.05) is 0 Å². The number of fused-ring (bicyclic) bond motifs is 1. The van der Waals surface area contributed by atoms with Crippen LogP contribution in [0.25, 0.3) is 11.0 Å². The Morgan fingerprint density at radius 1 is 1.25 bits per heavy atom. The zero-order chi connectivity index (χ0) is 26.8. The second-order valence-electron chi connectivity index (χ2n) is 7.64. The van der Waals surface area contributed by atoms with Crippen LogP contribution < -0.4 is 15.5 Å². The number of aromatic nitrogens is 3. The molecule has 190 valence electrons. The number of carbonyl (C=O) groups excluding carboxylic acids is 2. The number of rotatable bonds is 7. The molecule has 9 nitrogen and oxygen atoms in total. The second kappa shape index (κ2) is 10.8. The monoisotopic (exact) mass is 559 g/mol. The minimum atomic E-state index is -5.04. The lowest BCUT2D eigenvalue weighted by Crippen LogP contribution is -2.33. The summed E-state index contributed by atoms with van der Waals surface area (Å²) >= 11 is 13.4. The average Bonchev–Trinajstić information content (AvgIpc) is 3.26. The number of likely N-dealkylation sites (N-methyl/N-ethyl adjacent to an activating group) is 1. The number of carbonyl (C=O) groups is 2. The molecule has 3 rings (SSSR count). The Kier molecular flexibility index (Phi) is 8.16. The molecule has 0 saturated heterocycles. The molecular formula is C21H18Cl2F3N7O2S. The maximum absolute atomic E-state index is 13.3. The van der Waals surface area contributed by atoms with Crippen molar-refractivity contribution in [1.29, 1.82) is 5.41 Å². The van der Waals surface area contributed by atoms with Gasteiger partial charge in [-0.1, -0.05) is 23.2 Å². The SMILES string of the molecule is CC(C)NC(=O)c1cc2nsnc2c(Cl)c1NC(=O)/C(=C/C(=N)C(F)(F)F)N(C)c1ncccc1Cl. The van der Waals surface area contributed by atoms with Gasteiger partial charge in [0, 0.05) is 19.3 Å². The van der Waals surface area contributed by atoms with Crippen molar-refractivity contribution in [2.24, 2.45) is 0 Å². The minimum absolute atomic E-state index is 0.0430. The van der Waals surface area contributed by atoms with Gasteiger partial charge in [-0.2, -0.15) is 21.9 Å². The summed E-state index contributed by atoms with van der Waals surface area (Å²) in [5.74, 6) is -1.76. The van der Waals surface area contributed by atoms with Crippen LogP contribution in [0.3, 0.4) is 0 Å². The van der Waals surface area contributed by atoms with Crippen LogP contribution in [0, 0.1) is 5.41 Å². The Labute approximate surface area is 217 Å². The first-order chi connectivity index (χ1) is 16.8. The summed E-state index contributed by atoms with van der Waals surface area (Å²) < 4.78 is 47.7. The van der Waals surface area contributed by atoms with Crippen LogP contribution >= 0.6 is 34.9 Å². The third kappa shape index (κ3) is 5.91. The molecule has 0 spiro atoms. The van der Waals surface area contributed by atoms with Gasteiger partial charge in [-0.25, -0.2) is 4.98 Å². The summed E-state index contributed by atoms with van der Waals surface area (Å²) in [7, 11) is 1.25. The molecule has 0 aliphatic rings. The topological polar surface area (TPSA) is 124 Å². The van der Waals surface area contributed by atoms with Crippen molar-refractivity contribution in [1.82, 2.24) is 19.0 Å². The number of hydrogen-bond donors (Lipinski definition) is 3. The molecule has 3 aromatic rings. The lowest BCUT2D eigenvalue weighted by Gasteiger charge is -2.23. The number of hydrogen-bond acceptors (Lipinski definition) is 8. The van der Waals surface area contributed by atoms with Crippen molar-refractivity contribution in [3.05, 3.63) is 51.8 Å². The predicted molar refractivity (Wildman–Crippen MR) is 133 cm³/mol. The zero-order valence-electron chi connectivity index (χ0n) is 18.9. The fourth-order valence-corrected chi connectivity index (χ4v) is 4.10. The van der Waals surface area contributed by atoms with Crippen molar-refractivity contribution >= 4 is 75.0 Å². The maximum Gasteiger partial charge on any atom is 0.432 e. The minimum Gasteiger partial charge on any atom is -0.350 e. The average molecular weight is 560 g/mol. The number of pyridine rings is 1. The summed E-state index contributed by atoms with van der Waals surface area (Å²) in [6.45, 7) is 3.44. The number of halogens is 5.